The minimum Gasteiger partial charge on any atom is -0.461 e. The summed E-state index contributed by atoms with van der Waals surface area (Å²) in [5, 5.41) is 0. The van der Waals surface area contributed by atoms with Gasteiger partial charge < -0.3 is 8.83 Å². The predicted octanol–water partition coefficient (Wildman–Crippen LogP) is 7.01. The van der Waals surface area contributed by atoms with E-state index in [-0.39, 0.29) is 0 Å². The Hall–Kier alpha value is -3.00. The summed E-state index contributed by atoms with van der Waals surface area (Å²) in [6.07, 6.45) is 0.948. The van der Waals surface area contributed by atoms with Crippen molar-refractivity contribution in [3.8, 4) is 33.8 Å². The Morgan fingerprint density at radius 3 is 1.41 bits per heavy atom. The third-order valence-corrected chi connectivity index (χ3v) is 5.78. The highest BCUT2D eigenvalue weighted by atomic mass is 16.3. The van der Waals surface area contributed by atoms with Crippen LogP contribution in [0.1, 0.15) is 33.8 Å². The molecule has 2 nitrogen and oxygen atoms in total. The van der Waals surface area contributed by atoms with Crippen molar-refractivity contribution in [2.45, 2.75) is 34.1 Å². The monoisotopic (exact) mass is 354 g/mol. The number of furan rings is 2. The van der Waals surface area contributed by atoms with E-state index in [0.717, 1.165) is 40.6 Å². The number of fused-ring (bicyclic) bond motifs is 3. The molecule has 0 bridgehead atoms. The van der Waals surface area contributed by atoms with E-state index in [1.807, 2.05) is 13.8 Å². The first-order valence-corrected chi connectivity index (χ1v) is 9.40. The van der Waals surface area contributed by atoms with Crippen molar-refractivity contribution in [3.05, 3.63) is 82.3 Å². The van der Waals surface area contributed by atoms with Crippen LogP contribution in [0.2, 0.25) is 0 Å². The van der Waals surface area contributed by atoms with Gasteiger partial charge in [-0.1, -0.05) is 24.3 Å². The normalized spacial score (nSPS) is 12.3. The van der Waals surface area contributed by atoms with Crippen molar-refractivity contribution >= 4 is 0 Å². The Morgan fingerprint density at radius 2 is 1.04 bits per heavy atom. The molecule has 134 valence electrons. The molecule has 2 heterocycles. The fourth-order valence-electron chi connectivity index (χ4n) is 3.95. The number of hydrogen-bond acceptors (Lipinski definition) is 2. The Balaban J connectivity index is 1.53. The van der Waals surface area contributed by atoms with E-state index in [4.69, 9.17) is 8.83 Å². The maximum atomic E-state index is 5.92. The SMILES string of the molecule is Cc1cc(-c2ccc3c(c2)Cc2cc(-c4cc(C)c(C)o4)ccc2-3)oc1C. The van der Waals surface area contributed by atoms with Crippen LogP contribution in [0.25, 0.3) is 33.8 Å². The first kappa shape index (κ1) is 16.2. The molecule has 5 rings (SSSR count). The Kier molecular flexibility index (Phi) is 3.45. The van der Waals surface area contributed by atoms with Gasteiger partial charge in [-0.2, -0.15) is 0 Å². The van der Waals surface area contributed by atoms with Gasteiger partial charge in [-0.3, -0.25) is 0 Å². The molecule has 0 fully saturated rings. The van der Waals surface area contributed by atoms with Crippen molar-refractivity contribution in [3.63, 3.8) is 0 Å². The number of rotatable bonds is 2. The van der Waals surface area contributed by atoms with E-state index in [1.54, 1.807) is 0 Å². The van der Waals surface area contributed by atoms with Gasteiger partial charge in [-0.05, 0) is 91.8 Å². The highest BCUT2D eigenvalue weighted by Gasteiger charge is 2.21. The fraction of sp³-hybridized carbons (Fsp3) is 0.200. The highest BCUT2D eigenvalue weighted by Crippen LogP contribution is 2.41. The number of hydrogen-bond donors (Lipinski definition) is 0. The fourth-order valence-corrected chi connectivity index (χ4v) is 3.95. The van der Waals surface area contributed by atoms with E-state index >= 15 is 0 Å². The molecular formula is C25H22O2. The van der Waals surface area contributed by atoms with E-state index in [9.17, 15) is 0 Å². The highest BCUT2D eigenvalue weighted by molar-refractivity contribution is 5.81. The topological polar surface area (TPSA) is 26.3 Å². The van der Waals surface area contributed by atoms with Crippen molar-refractivity contribution in [2.75, 3.05) is 0 Å². The third-order valence-electron chi connectivity index (χ3n) is 5.78. The molecule has 0 saturated carbocycles. The van der Waals surface area contributed by atoms with E-state index in [0.29, 0.717) is 0 Å². The summed E-state index contributed by atoms with van der Waals surface area (Å²) in [7, 11) is 0. The first-order valence-electron chi connectivity index (χ1n) is 9.40. The maximum absolute atomic E-state index is 5.92. The summed E-state index contributed by atoms with van der Waals surface area (Å²) in [6, 6.07) is 17.6. The summed E-state index contributed by atoms with van der Waals surface area (Å²) < 4.78 is 11.8. The largest absolute Gasteiger partial charge is 0.461 e. The molecule has 2 heteroatoms. The molecule has 0 atom stereocenters. The maximum Gasteiger partial charge on any atom is 0.134 e. The molecule has 1 aliphatic rings. The van der Waals surface area contributed by atoms with Gasteiger partial charge in [-0.15, -0.1) is 0 Å². The molecule has 0 radical (unpaired) electrons. The van der Waals surface area contributed by atoms with Crippen LogP contribution in [0.5, 0.6) is 0 Å². The van der Waals surface area contributed by atoms with Gasteiger partial charge in [0.05, 0.1) is 0 Å². The molecule has 1 aliphatic carbocycles. The van der Waals surface area contributed by atoms with Crippen LogP contribution in [-0.2, 0) is 6.42 Å². The summed E-state index contributed by atoms with van der Waals surface area (Å²) in [5.41, 5.74) is 10.1. The molecule has 0 amide bonds. The molecule has 0 N–H and O–H groups in total. The minimum atomic E-state index is 0.948. The lowest BCUT2D eigenvalue weighted by Gasteiger charge is -2.04. The molecule has 0 aliphatic heterocycles. The lowest BCUT2D eigenvalue weighted by molar-refractivity contribution is 0.545. The van der Waals surface area contributed by atoms with Crippen LogP contribution in [0.3, 0.4) is 0 Å². The quantitative estimate of drug-likeness (QED) is 0.341. The summed E-state index contributed by atoms with van der Waals surface area (Å²) >= 11 is 0. The summed E-state index contributed by atoms with van der Waals surface area (Å²) in [4.78, 5) is 0. The second-order valence-electron chi connectivity index (χ2n) is 7.62. The average Bonchev–Trinajstić information content (AvgIpc) is 3.30. The second-order valence-corrected chi connectivity index (χ2v) is 7.62. The van der Waals surface area contributed by atoms with Gasteiger partial charge >= 0.3 is 0 Å². The smallest absolute Gasteiger partial charge is 0.134 e. The predicted molar refractivity (Wildman–Crippen MR) is 109 cm³/mol. The zero-order valence-electron chi connectivity index (χ0n) is 16.1. The van der Waals surface area contributed by atoms with Crippen LogP contribution >= 0.6 is 0 Å². The van der Waals surface area contributed by atoms with Crippen molar-refractivity contribution < 1.29 is 8.83 Å². The van der Waals surface area contributed by atoms with Crippen molar-refractivity contribution in [1.29, 1.82) is 0 Å². The molecule has 4 aromatic rings. The average molecular weight is 354 g/mol. The van der Waals surface area contributed by atoms with Gasteiger partial charge in [0.25, 0.3) is 0 Å². The van der Waals surface area contributed by atoms with Gasteiger partial charge in [-0.25, -0.2) is 0 Å². The van der Waals surface area contributed by atoms with Gasteiger partial charge in [0.15, 0.2) is 0 Å². The molecule has 2 aromatic heterocycles. The van der Waals surface area contributed by atoms with Crippen molar-refractivity contribution in [2.24, 2.45) is 0 Å². The lowest BCUT2D eigenvalue weighted by Crippen LogP contribution is -1.83. The molecule has 0 unspecified atom stereocenters. The van der Waals surface area contributed by atoms with Gasteiger partial charge in [0.2, 0.25) is 0 Å². The van der Waals surface area contributed by atoms with Gasteiger partial charge in [0.1, 0.15) is 23.0 Å². The van der Waals surface area contributed by atoms with Crippen LogP contribution < -0.4 is 0 Å². The summed E-state index contributed by atoms with van der Waals surface area (Å²) in [5.74, 6) is 3.88. The molecule has 0 saturated heterocycles. The van der Waals surface area contributed by atoms with Crippen LogP contribution in [0.4, 0.5) is 0 Å². The Labute approximate surface area is 159 Å². The zero-order valence-corrected chi connectivity index (χ0v) is 16.1. The van der Waals surface area contributed by atoms with Crippen LogP contribution in [-0.4, -0.2) is 0 Å². The van der Waals surface area contributed by atoms with Crippen LogP contribution in [0.15, 0.2) is 57.4 Å². The second kappa shape index (κ2) is 5.75. The number of benzene rings is 2. The minimum absolute atomic E-state index is 0.948. The van der Waals surface area contributed by atoms with E-state index < -0.39 is 0 Å². The first-order chi connectivity index (χ1) is 13.0. The third kappa shape index (κ3) is 2.56. The number of aryl methyl sites for hydroxylation is 4. The van der Waals surface area contributed by atoms with E-state index in [1.165, 1.54) is 33.4 Å². The van der Waals surface area contributed by atoms with Crippen LogP contribution in [0, 0.1) is 27.7 Å². The lowest BCUT2D eigenvalue weighted by atomic mass is 10.0. The Morgan fingerprint density at radius 1 is 0.593 bits per heavy atom. The molecule has 2 aromatic carbocycles. The Bertz CT molecular complexity index is 1050. The molecular weight excluding hydrogens is 332 g/mol. The van der Waals surface area contributed by atoms with Crippen molar-refractivity contribution in [1.82, 2.24) is 0 Å². The van der Waals surface area contributed by atoms with Gasteiger partial charge in [0, 0.05) is 11.1 Å². The standard InChI is InChI=1S/C25H22O2/c1-14-9-24(26-16(14)3)18-5-7-22-20(11-18)13-21-12-19(6-8-23(21)22)25-10-15(2)17(4)27-25/h5-12H,13H2,1-4H3. The van der Waals surface area contributed by atoms with E-state index in [2.05, 4.69) is 62.4 Å². The zero-order chi connectivity index (χ0) is 18.7. The summed E-state index contributed by atoms with van der Waals surface area (Å²) in [6.45, 7) is 8.21. The molecule has 27 heavy (non-hydrogen) atoms. The molecule has 0 spiro atoms.